The first-order valence-corrected chi connectivity index (χ1v) is 5.93. The van der Waals surface area contributed by atoms with Crippen LogP contribution in [0.1, 0.15) is 0 Å². The van der Waals surface area contributed by atoms with Crippen LogP contribution in [0.4, 0.5) is 11.5 Å². The lowest BCUT2D eigenvalue weighted by atomic mass is 10.3. The van der Waals surface area contributed by atoms with E-state index in [1.165, 1.54) is 4.90 Å². The van der Waals surface area contributed by atoms with Crippen LogP contribution in [-0.2, 0) is 0 Å². The van der Waals surface area contributed by atoms with Gasteiger partial charge < -0.3 is 5.32 Å². The van der Waals surface area contributed by atoms with E-state index in [0.717, 1.165) is 11.5 Å². The van der Waals surface area contributed by atoms with Gasteiger partial charge in [-0.05, 0) is 36.6 Å². The van der Waals surface area contributed by atoms with Crippen molar-refractivity contribution >= 4 is 23.3 Å². The van der Waals surface area contributed by atoms with E-state index in [-0.39, 0.29) is 0 Å². The van der Waals surface area contributed by atoms with Gasteiger partial charge in [0.25, 0.3) is 0 Å². The van der Waals surface area contributed by atoms with Crippen molar-refractivity contribution in [2.75, 3.05) is 11.6 Å². The van der Waals surface area contributed by atoms with Crippen molar-refractivity contribution in [2.24, 2.45) is 0 Å². The van der Waals surface area contributed by atoms with Crippen LogP contribution >= 0.6 is 11.8 Å². The maximum Gasteiger partial charge on any atom is 0.130 e. The molecular weight excluding hydrogens is 204 g/mol. The van der Waals surface area contributed by atoms with Gasteiger partial charge in [-0.2, -0.15) is 0 Å². The third kappa shape index (κ3) is 2.73. The number of thioether (sulfide) groups is 1. The predicted octanol–water partition coefficient (Wildman–Crippen LogP) is 3.55. The van der Waals surface area contributed by atoms with Gasteiger partial charge in [0, 0.05) is 16.8 Å². The van der Waals surface area contributed by atoms with Crippen molar-refractivity contribution in [1.29, 1.82) is 0 Å². The molecule has 0 amide bonds. The van der Waals surface area contributed by atoms with Gasteiger partial charge in [0.2, 0.25) is 0 Å². The first-order chi connectivity index (χ1) is 7.38. The summed E-state index contributed by atoms with van der Waals surface area (Å²) in [5, 5.41) is 3.25. The van der Waals surface area contributed by atoms with Gasteiger partial charge in [-0.1, -0.05) is 12.1 Å². The topological polar surface area (TPSA) is 24.9 Å². The highest BCUT2D eigenvalue weighted by molar-refractivity contribution is 7.98. The minimum Gasteiger partial charge on any atom is -0.340 e. The number of benzene rings is 1. The monoisotopic (exact) mass is 216 g/mol. The number of pyridine rings is 1. The Hall–Kier alpha value is -1.48. The second-order valence-electron chi connectivity index (χ2n) is 3.07. The Morgan fingerprint density at radius 1 is 1.13 bits per heavy atom. The molecule has 0 spiro atoms. The average Bonchev–Trinajstić information content (AvgIpc) is 2.31. The lowest BCUT2D eigenvalue weighted by molar-refractivity contribution is 1.30. The average molecular weight is 216 g/mol. The molecule has 0 saturated carbocycles. The maximum atomic E-state index is 4.21. The third-order valence-corrected chi connectivity index (χ3v) is 2.73. The second kappa shape index (κ2) is 4.84. The van der Waals surface area contributed by atoms with Crippen LogP contribution in [0.15, 0.2) is 53.6 Å². The van der Waals surface area contributed by atoms with Crippen LogP contribution in [-0.4, -0.2) is 11.2 Å². The molecule has 76 valence electrons. The van der Waals surface area contributed by atoms with Crippen LogP contribution in [0.3, 0.4) is 0 Å². The highest BCUT2D eigenvalue weighted by Crippen LogP contribution is 2.21. The van der Waals surface area contributed by atoms with Gasteiger partial charge in [-0.3, -0.25) is 0 Å². The van der Waals surface area contributed by atoms with Crippen molar-refractivity contribution in [3.63, 3.8) is 0 Å². The van der Waals surface area contributed by atoms with Crippen molar-refractivity contribution in [3.05, 3.63) is 48.7 Å². The fourth-order valence-corrected chi connectivity index (χ4v) is 1.74. The first kappa shape index (κ1) is 10.1. The zero-order chi connectivity index (χ0) is 10.5. The predicted molar refractivity (Wildman–Crippen MR) is 65.7 cm³/mol. The summed E-state index contributed by atoms with van der Waals surface area (Å²) in [5.41, 5.74) is 1.07. The zero-order valence-electron chi connectivity index (χ0n) is 8.47. The molecule has 0 unspecified atom stereocenters. The van der Waals surface area contributed by atoms with Gasteiger partial charge in [0.05, 0.1) is 0 Å². The maximum absolute atomic E-state index is 4.21. The molecule has 2 nitrogen and oxygen atoms in total. The molecule has 0 radical (unpaired) electrons. The van der Waals surface area contributed by atoms with E-state index in [4.69, 9.17) is 0 Å². The molecule has 3 heteroatoms. The third-order valence-electron chi connectivity index (χ3n) is 2.01. The molecule has 1 aromatic carbocycles. The van der Waals surface area contributed by atoms with Gasteiger partial charge in [-0.25, -0.2) is 4.98 Å². The van der Waals surface area contributed by atoms with E-state index >= 15 is 0 Å². The highest BCUT2D eigenvalue weighted by atomic mass is 32.2. The van der Waals surface area contributed by atoms with Crippen LogP contribution in [0.25, 0.3) is 0 Å². The van der Waals surface area contributed by atoms with Crippen LogP contribution in [0.5, 0.6) is 0 Å². The number of rotatable bonds is 3. The highest BCUT2D eigenvalue weighted by Gasteiger charge is 1.95. The number of aromatic nitrogens is 1. The van der Waals surface area contributed by atoms with Crippen molar-refractivity contribution < 1.29 is 0 Å². The molecular formula is C12H12N2S. The fourth-order valence-electron chi connectivity index (χ4n) is 1.29. The summed E-state index contributed by atoms with van der Waals surface area (Å²) in [6, 6.07) is 14.1. The summed E-state index contributed by atoms with van der Waals surface area (Å²) in [4.78, 5) is 5.46. The Morgan fingerprint density at radius 2 is 2.07 bits per heavy atom. The number of anilines is 2. The Bertz CT molecular complexity index is 429. The van der Waals surface area contributed by atoms with E-state index in [9.17, 15) is 0 Å². The minimum absolute atomic E-state index is 0.871. The Labute approximate surface area is 93.7 Å². The molecule has 2 rings (SSSR count). The Kier molecular flexibility index (Phi) is 3.25. The number of nitrogens with one attached hydrogen (secondary N) is 1. The molecule has 1 heterocycles. The fraction of sp³-hybridized carbons (Fsp3) is 0.0833. The number of nitrogens with zero attached hydrogens (tertiary/aromatic N) is 1. The lowest BCUT2D eigenvalue weighted by Gasteiger charge is -2.05. The van der Waals surface area contributed by atoms with Crippen molar-refractivity contribution in [2.45, 2.75) is 4.90 Å². The summed E-state index contributed by atoms with van der Waals surface area (Å²) in [6.07, 6.45) is 3.85. The van der Waals surface area contributed by atoms with Crippen LogP contribution < -0.4 is 5.32 Å². The molecule has 0 aliphatic carbocycles. The molecule has 15 heavy (non-hydrogen) atoms. The van der Waals surface area contributed by atoms with Crippen LogP contribution in [0, 0.1) is 0 Å². The van der Waals surface area contributed by atoms with Crippen molar-refractivity contribution in [1.82, 2.24) is 4.98 Å². The largest absolute Gasteiger partial charge is 0.340 e. The van der Waals surface area contributed by atoms with Crippen molar-refractivity contribution in [3.8, 4) is 0 Å². The van der Waals surface area contributed by atoms with Gasteiger partial charge >= 0.3 is 0 Å². The summed E-state index contributed by atoms with van der Waals surface area (Å²) in [6.45, 7) is 0. The molecule has 0 fully saturated rings. The quantitative estimate of drug-likeness (QED) is 0.794. The van der Waals surface area contributed by atoms with Gasteiger partial charge in [0.15, 0.2) is 0 Å². The molecule has 0 aliphatic heterocycles. The van der Waals surface area contributed by atoms with E-state index in [1.807, 2.05) is 30.3 Å². The van der Waals surface area contributed by atoms with E-state index in [0.29, 0.717) is 0 Å². The first-order valence-electron chi connectivity index (χ1n) is 4.70. The van der Waals surface area contributed by atoms with E-state index in [1.54, 1.807) is 18.0 Å². The Balaban J connectivity index is 2.17. The van der Waals surface area contributed by atoms with Gasteiger partial charge in [0.1, 0.15) is 5.82 Å². The molecule has 2 aromatic rings. The molecule has 0 bridgehead atoms. The van der Waals surface area contributed by atoms with Crippen LogP contribution in [0.2, 0.25) is 0 Å². The summed E-state index contributed by atoms with van der Waals surface area (Å²) < 4.78 is 0. The normalized spacial score (nSPS) is 9.93. The standard InChI is InChI=1S/C12H12N2S/c1-15-11-6-4-5-10(9-11)14-12-7-2-3-8-13-12/h2-9H,1H3,(H,13,14). The Morgan fingerprint density at radius 3 is 2.80 bits per heavy atom. The molecule has 0 saturated heterocycles. The molecule has 0 atom stereocenters. The number of hydrogen-bond donors (Lipinski definition) is 1. The summed E-state index contributed by atoms with van der Waals surface area (Å²) in [7, 11) is 0. The lowest BCUT2D eigenvalue weighted by Crippen LogP contribution is -1.92. The molecule has 1 aromatic heterocycles. The van der Waals surface area contributed by atoms with E-state index < -0.39 is 0 Å². The van der Waals surface area contributed by atoms with Gasteiger partial charge in [-0.15, -0.1) is 11.8 Å². The molecule has 0 aliphatic rings. The number of hydrogen-bond acceptors (Lipinski definition) is 3. The second-order valence-corrected chi connectivity index (χ2v) is 3.95. The summed E-state index contributed by atoms with van der Waals surface area (Å²) >= 11 is 1.73. The van der Waals surface area contributed by atoms with E-state index in [2.05, 4.69) is 28.7 Å². The smallest absolute Gasteiger partial charge is 0.130 e. The SMILES string of the molecule is CSc1cccc(Nc2ccccn2)c1. The zero-order valence-corrected chi connectivity index (χ0v) is 9.29. The summed E-state index contributed by atoms with van der Waals surface area (Å²) in [5.74, 6) is 0.871. The molecule has 1 N–H and O–H groups in total. The minimum atomic E-state index is 0.871.